The van der Waals surface area contributed by atoms with Gasteiger partial charge in [-0.05, 0) is 38.1 Å². The van der Waals surface area contributed by atoms with E-state index in [-0.39, 0.29) is 4.90 Å². The first-order valence-corrected chi connectivity index (χ1v) is 8.35. The van der Waals surface area contributed by atoms with Crippen LogP contribution in [-0.2, 0) is 20.0 Å². The van der Waals surface area contributed by atoms with Crippen molar-refractivity contribution in [1.29, 1.82) is 0 Å². The van der Waals surface area contributed by atoms with Crippen LogP contribution in [0.2, 0.25) is 0 Å². The van der Waals surface area contributed by atoms with Crippen LogP contribution < -0.4 is 11.3 Å². The third-order valence-electron chi connectivity index (χ3n) is 2.62. The van der Waals surface area contributed by atoms with Crippen molar-refractivity contribution in [2.24, 2.45) is 5.84 Å². The summed E-state index contributed by atoms with van der Waals surface area (Å²) in [5, 5.41) is 0. The van der Waals surface area contributed by atoms with Gasteiger partial charge in [-0.25, -0.2) is 8.42 Å². The van der Waals surface area contributed by atoms with E-state index in [0.717, 1.165) is 13.8 Å². The molecule has 108 valence electrons. The Morgan fingerprint density at radius 2 is 1.63 bits per heavy atom. The number of anilines is 1. The van der Waals surface area contributed by atoms with E-state index in [1.165, 1.54) is 24.3 Å². The normalized spacial score (nSPS) is 13.3. The number of nitrogens with two attached hydrogens (primary N) is 1. The van der Waals surface area contributed by atoms with E-state index in [9.17, 15) is 16.8 Å². The molecular formula is C10H16N2O5S2. The summed E-state index contributed by atoms with van der Waals surface area (Å²) < 4.78 is 53.6. The molecule has 0 amide bonds. The summed E-state index contributed by atoms with van der Waals surface area (Å²) in [7, 11) is -8.30. The smallest absolute Gasteiger partial charge is 0.271 e. The number of hydrogen-bond donors (Lipinski definition) is 3. The zero-order chi connectivity index (χ0) is 14.9. The minimum Gasteiger partial charge on any atom is -0.324 e. The number of nitrogen functional groups attached to an aromatic ring is 1. The molecule has 0 saturated heterocycles. The summed E-state index contributed by atoms with van der Waals surface area (Å²) in [6, 6.07) is 5.52. The third-order valence-corrected chi connectivity index (χ3v) is 6.43. The molecule has 0 radical (unpaired) electrons. The highest BCUT2D eigenvalue weighted by molar-refractivity contribution is 7.93. The summed E-state index contributed by atoms with van der Waals surface area (Å²) in [6.07, 6.45) is 0. The molecule has 0 saturated carbocycles. The molecule has 1 aromatic rings. The van der Waals surface area contributed by atoms with E-state index in [1.807, 2.05) is 0 Å². The predicted octanol–water partition coefficient (Wildman–Crippen LogP) is 0.412. The lowest BCUT2D eigenvalue weighted by atomic mass is 10.2. The number of sulfone groups is 1. The highest BCUT2D eigenvalue weighted by atomic mass is 32.2. The molecule has 0 atom stereocenters. The molecule has 9 heteroatoms. The first-order chi connectivity index (χ1) is 8.49. The molecule has 19 heavy (non-hydrogen) atoms. The summed E-state index contributed by atoms with van der Waals surface area (Å²) >= 11 is 0. The van der Waals surface area contributed by atoms with Gasteiger partial charge in [0.15, 0.2) is 9.84 Å². The molecule has 1 aromatic carbocycles. The second-order valence-corrected chi connectivity index (χ2v) is 8.71. The molecule has 1 rings (SSSR count). The van der Waals surface area contributed by atoms with Gasteiger partial charge >= 0.3 is 0 Å². The Hall–Kier alpha value is -1.16. The topological polar surface area (TPSA) is 127 Å². The Morgan fingerprint density at radius 1 is 1.16 bits per heavy atom. The zero-order valence-corrected chi connectivity index (χ0v) is 12.1. The fourth-order valence-corrected chi connectivity index (χ4v) is 4.07. The van der Waals surface area contributed by atoms with Crippen molar-refractivity contribution in [3.8, 4) is 0 Å². The van der Waals surface area contributed by atoms with E-state index in [0.29, 0.717) is 5.69 Å². The van der Waals surface area contributed by atoms with Crippen LogP contribution in [0.3, 0.4) is 0 Å². The first kappa shape index (κ1) is 15.9. The van der Waals surface area contributed by atoms with Crippen LogP contribution in [0.5, 0.6) is 0 Å². The Labute approximate surface area is 112 Å². The molecule has 0 fully saturated rings. The standard InChI is InChI=1S/C10H16N2O5S2/c1-10(2,19(15,16)17)7-18(13,14)9-5-3-8(12-11)4-6-9/h3-6,12H,7,11H2,1-2H3,(H,15,16,17). The van der Waals surface area contributed by atoms with Crippen molar-refractivity contribution in [3.63, 3.8) is 0 Å². The van der Waals surface area contributed by atoms with Crippen molar-refractivity contribution < 1.29 is 21.4 Å². The van der Waals surface area contributed by atoms with Crippen LogP contribution in [0.1, 0.15) is 13.8 Å². The van der Waals surface area contributed by atoms with E-state index in [4.69, 9.17) is 10.4 Å². The van der Waals surface area contributed by atoms with E-state index < -0.39 is 30.5 Å². The second kappa shape index (κ2) is 5.08. The summed E-state index contributed by atoms with van der Waals surface area (Å²) in [5.41, 5.74) is 2.87. The predicted molar refractivity (Wildman–Crippen MR) is 71.9 cm³/mol. The summed E-state index contributed by atoms with van der Waals surface area (Å²) in [5.74, 6) is 4.44. The fourth-order valence-electron chi connectivity index (χ4n) is 1.37. The Morgan fingerprint density at radius 3 is 2.00 bits per heavy atom. The largest absolute Gasteiger partial charge is 0.324 e. The van der Waals surface area contributed by atoms with Gasteiger partial charge in [-0.15, -0.1) is 0 Å². The van der Waals surface area contributed by atoms with Gasteiger partial charge in [0.2, 0.25) is 0 Å². The maximum absolute atomic E-state index is 12.1. The second-order valence-electron chi connectivity index (χ2n) is 4.66. The van der Waals surface area contributed by atoms with Crippen LogP contribution in [0.4, 0.5) is 5.69 Å². The van der Waals surface area contributed by atoms with Gasteiger partial charge in [0.1, 0.15) is 4.75 Å². The number of rotatable bonds is 5. The van der Waals surface area contributed by atoms with Crippen molar-refractivity contribution in [2.45, 2.75) is 23.5 Å². The van der Waals surface area contributed by atoms with E-state index in [1.54, 1.807) is 0 Å². The van der Waals surface area contributed by atoms with Crippen molar-refractivity contribution in [1.82, 2.24) is 0 Å². The highest BCUT2D eigenvalue weighted by Gasteiger charge is 2.38. The maximum atomic E-state index is 12.1. The number of hydrogen-bond acceptors (Lipinski definition) is 6. The average molecular weight is 308 g/mol. The molecule has 0 heterocycles. The Kier molecular flexibility index (Phi) is 4.25. The maximum Gasteiger partial charge on any atom is 0.271 e. The zero-order valence-electron chi connectivity index (χ0n) is 10.5. The molecule has 7 nitrogen and oxygen atoms in total. The van der Waals surface area contributed by atoms with E-state index in [2.05, 4.69) is 5.43 Å². The molecule has 0 bridgehead atoms. The molecular weight excluding hydrogens is 292 g/mol. The fraction of sp³-hybridized carbons (Fsp3) is 0.400. The van der Waals surface area contributed by atoms with E-state index >= 15 is 0 Å². The lowest BCUT2D eigenvalue weighted by Gasteiger charge is -2.20. The van der Waals surface area contributed by atoms with Crippen LogP contribution in [0.15, 0.2) is 29.2 Å². The molecule has 0 aliphatic carbocycles. The molecule has 0 spiro atoms. The van der Waals surface area contributed by atoms with Gasteiger partial charge in [0.25, 0.3) is 10.1 Å². The lowest BCUT2D eigenvalue weighted by Crippen LogP contribution is -2.38. The molecule has 0 unspecified atom stereocenters. The minimum atomic E-state index is -4.47. The molecule has 0 aliphatic heterocycles. The third kappa shape index (κ3) is 3.66. The number of benzene rings is 1. The summed E-state index contributed by atoms with van der Waals surface area (Å²) in [4.78, 5) is -0.0387. The van der Waals surface area contributed by atoms with Crippen molar-refractivity contribution in [2.75, 3.05) is 11.2 Å². The van der Waals surface area contributed by atoms with Crippen molar-refractivity contribution in [3.05, 3.63) is 24.3 Å². The highest BCUT2D eigenvalue weighted by Crippen LogP contribution is 2.23. The van der Waals surface area contributed by atoms with Gasteiger partial charge in [0.05, 0.1) is 10.6 Å². The van der Waals surface area contributed by atoms with Gasteiger partial charge < -0.3 is 5.43 Å². The Bertz CT molecular complexity index is 648. The van der Waals surface area contributed by atoms with Crippen LogP contribution in [0.25, 0.3) is 0 Å². The number of nitrogens with one attached hydrogen (secondary N) is 1. The summed E-state index contributed by atoms with van der Waals surface area (Å²) in [6.45, 7) is 2.30. The van der Waals surface area contributed by atoms with Gasteiger partial charge in [-0.2, -0.15) is 8.42 Å². The average Bonchev–Trinajstić information content (AvgIpc) is 2.26. The molecule has 0 aliphatic rings. The molecule has 0 aromatic heterocycles. The van der Waals surface area contributed by atoms with Gasteiger partial charge in [0, 0.05) is 5.69 Å². The van der Waals surface area contributed by atoms with Gasteiger partial charge in [-0.3, -0.25) is 10.4 Å². The molecule has 4 N–H and O–H groups in total. The van der Waals surface area contributed by atoms with Gasteiger partial charge in [-0.1, -0.05) is 0 Å². The van der Waals surface area contributed by atoms with Crippen LogP contribution in [-0.4, -0.2) is 31.9 Å². The SMILES string of the molecule is CC(C)(CS(=O)(=O)c1ccc(NN)cc1)S(=O)(=O)O. The lowest BCUT2D eigenvalue weighted by molar-refractivity contribution is 0.448. The van der Waals surface area contributed by atoms with Crippen LogP contribution >= 0.6 is 0 Å². The monoisotopic (exact) mass is 308 g/mol. The van der Waals surface area contributed by atoms with Crippen molar-refractivity contribution >= 4 is 25.6 Å². The number of hydrazine groups is 1. The first-order valence-electron chi connectivity index (χ1n) is 5.26. The minimum absolute atomic E-state index is 0.0387. The van der Waals surface area contributed by atoms with Crippen LogP contribution in [0, 0.1) is 0 Å². The Balaban J connectivity index is 3.12. The quantitative estimate of drug-likeness (QED) is 0.408.